The summed E-state index contributed by atoms with van der Waals surface area (Å²) in [6.45, 7) is 16.4. The van der Waals surface area contributed by atoms with Crippen LogP contribution in [0.2, 0.25) is 0 Å². The zero-order valence-corrected chi connectivity index (χ0v) is 19.0. The number of hydrogen-bond acceptors (Lipinski definition) is 5. The fourth-order valence-electron chi connectivity index (χ4n) is 3.05. The first-order valence-electron chi connectivity index (χ1n) is 9.69. The van der Waals surface area contributed by atoms with Crippen molar-refractivity contribution in [3.63, 3.8) is 0 Å². The maximum Gasteiger partial charge on any atom is 0.229 e. The fraction of sp³-hybridized carbons (Fsp3) is 0.455. The zero-order chi connectivity index (χ0) is 21.6. The predicted molar refractivity (Wildman–Crippen MR) is 121 cm³/mol. The van der Waals surface area contributed by atoms with Crippen molar-refractivity contribution >= 4 is 33.4 Å². The molecular formula is C22H29N6S+. The highest BCUT2D eigenvalue weighted by Crippen LogP contribution is 2.42. The normalized spacial score (nSPS) is 11.4. The van der Waals surface area contributed by atoms with Crippen molar-refractivity contribution in [3.8, 4) is 6.07 Å². The van der Waals surface area contributed by atoms with Crippen LogP contribution < -0.4 is 4.90 Å². The van der Waals surface area contributed by atoms with Crippen LogP contribution in [0.15, 0.2) is 28.4 Å². The summed E-state index contributed by atoms with van der Waals surface area (Å²) in [4.78, 5) is 6.41. The molecule has 1 heterocycles. The summed E-state index contributed by atoms with van der Waals surface area (Å²) in [6, 6.07) is 8.31. The minimum absolute atomic E-state index is 0.416. The van der Waals surface area contributed by atoms with E-state index in [0.717, 1.165) is 41.8 Å². The molecule has 6 nitrogen and oxygen atoms in total. The standard InChI is InChI=1S/C22H29N6S/c1-8-27(12-9-13-28(5,6)7)18-10-11-19(16(2)14-18)25-26-22-21(24-4)17(3)20(15-23)29-22/h10-11,14H,8-9,12-13H2,1-3,5-7H3/q+1/b26-25+. The number of rotatable bonds is 8. The van der Waals surface area contributed by atoms with Gasteiger partial charge in [-0.05, 0) is 50.1 Å². The van der Waals surface area contributed by atoms with Crippen molar-refractivity contribution in [1.82, 2.24) is 0 Å². The van der Waals surface area contributed by atoms with Gasteiger partial charge in [-0.1, -0.05) is 0 Å². The molecule has 0 aliphatic rings. The van der Waals surface area contributed by atoms with Crippen LogP contribution in [0.25, 0.3) is 4.85 Å². The van der Waals surface area contributed by atoms with E-state index in [1.807, 2.05) is 13.0 Å². The van der Waals surface area contributed by atoms with Gasteiger partial charge >= 0.3 is 0 Å². The average Bonchev–Trinajstić information content (AvgIpc) is 2.98. The molecule has 0 N–H and O–H groups in total. The minimum atomic E-state index is 0.416. The second kappa shape index (κ2) is 9.65. The molecule has 0 radical (unpaired) electrons. The van der Waals surface area contributed by atoms with Crippen LogP contribution in [-0.4, -0.2) is 45.3 Å². The van der Waals surface area contributed by atoms with Gasteiger partial charge in [0.25, 0.3) is 0 Å². The maximum absolute atomic E-state index is 9.17. The summed E-state index contributed by atoms with van der Waals surface area (Å²) in [5.41, 5.74) is 4.09. The van der Waals surface area contributed by atoms with Crippen molar-refractivity contribution in [2.24, 2.45) is 10.2 Å². The van der Waals surface area contributed by atoms with Crippen LogP contribution in [0, 0.1) is 31.8 Å². The van der Waals surface area contributed by atoms with E-state index in [9.17, 15) is 5.26 Å². The van der Waals surface area contributed by atoms with Gasteiger partial charge in [-0.25, -0.2) is 4.85 Å². The molecule has 0 bridgehead atoms. The first kappa shape index (κ1) is 22.5. The van der Waals surface area contributed by atoms with E-state index >= 15 is 0 Å². The lowest BCUT2D eigenvalue weighted by Gasteiger charge is -2.28. The summed E-state index contributed by atoms with van der Waals surface area (Å²) in [5.74, 6) is 0. The van der Waals surface area contributed by atoms with E-state index in [0.29, 0.717) is 21.1 Å². The number of hydrogen-bond donors (Lipinski definition) is 0. The first-order chi connectivity index (χ1) is 13.7. The van der Waals surface area contributed by atoms with Crippen LogP contribution in [-0.2, 0) is 0 Å². The summed E-state index contributed by atoms with van der Waals surface area (Å²) < 4.78 is 0.970. The van der Waals surface area contributed by atoms with Crippen LogP contribution in [0.1, 0.15) is 29.3 Å². The Bertz CT molecular complexity index is 969. The van der Waals surface area contributed by atoms with E-state index in [1.54, 1.807) is 6.92 Å². The topological polar surface area (TPSA) is 56.1 Å². The Kier molecular flexibility index (Phi) is 7.50. The lowest BCUT2D eigenvalue weighted by atomic mass is 10.1. The monoisotopic (exact) mass is 409 g/mol. The molecular weight excluding hydrogens is 380 g/mol. The third-order valence-electron chi connectivity index (χ3n) is 4.74. The van der Waals surface area contributed by atoms with Gasteiger partial charge in [-0.2, -0.15) is 15.5 Å². The van der Waals surface area contributed by atoms with Crippen molar-refractivity contribution in [2.45, 2.75) is 27.2 Å². The van der Waals surface area contributed by atoms with E-state index in [1.165, 1.54) is 17.0 Å². The van der Waals surface area contributed by atoms with Gasteiger partial charge in [0, 0.05) is 25.2 Å². The lowest BCUT2D eigenvalue weighted by molar-refractivity contribution is -0.870. The number of anilines is 1. The highest BCUT2D eigenvalue weighted by molar-refractivity contribution is 7.17. The largest absolute Gasteiger partial charge is 0.372 e. The molecule has 1 aromatic carbocycles. The number of nitriles is 1. The number of quaternary nitrogens is 1. The lowest BCUT2D eigenvalue weighted by Crippen LogP contribution is -2.37. The number of thiophene rings is 1. The quantitative estimate of drug-likeness (QED) is 0.299. The van der Waals surface area contributed by atoms with Gasteiger partial charge in [0.15, 0.2) is 0 Å². The van der Waals surface area contributed by atoms with Gasteiger partial charge in [0.05, 0.1) is 44.8 Å². The predicted octanol–water partition coefficient (Wildman–Crippen LogP) is 6.13. The highest BCUT2D eigenvalue weighted by Gasteiger charge is 2.15. The molecule has 0 amide bonds. The molecule has 0 spiro atoms. The van der Waals surface area contributed by atoms with Gasteiger partial charge in [-0.15, -0.1) is 11.3 Å². The summed E-state index contributed by atoms with van der Waals surface area (Å²) in [7, 11) is 6.65. The second-order valence-electron chi connectivity index (χ2n) is 8.05. The minimum Gasteiger partial charge on any atom is -0.372 e. The Hall–Kier alpha value is -2.74. The molecule has 2 aromatic rings. The number of azo groups is 1. The molecule has 0 unspecified atom stereocenters. The molecule has 29 heavy (non-hydrogen) atoms. The summed E-state index contributed by atoms with van der Waals surface area (Å²) >= 11 is 1.21. The second-order valence-corrected chi connectivity index (χ2v) is 9.05. The van der Waals surface area contributed by atoms with Gasteiger partial charge in [0.2, 0.25) is 5.69 Å². The number of aryl methyl sites for hydroxylation is 1. The van der Waals surface area contributed by atoms with Crippen LogP contribution in [0.4, 0.5) is 22.1 Å². The number of benzene rings is 1. The molecule has 0 saturated heterocycles. The Balaban J connectivity index is 2.18. The smallest absolute Gasteiger partial charge is 0.229 e. The Morgan fingerprint density at radius 1 is 1.24 bits per heavy atom. The molecule has 0 aliphatic carbocycles. The number of nitrogens with zero attached hydrogens (tertiary/aromatic N) is 6. The Morgan fingerprint density at radius 2 is 1.97 bits per heavy atom. The Labute approximate surface area is 178 Å². The molecule has 2 rings (SSSR count). The van der Waals surface area contributed by atoms with Gasteiger partial charge in [0.1, 0.15) is 11.1 Å². The average molecular weight is 410 g/mol. The van der Waals surface area contributed by atoms with Crippen molar-refractivity contribution in [1.29, 1.82) is 5.26 Å². The van der Waals surface area contributed by atoms with E-state index in [2.05, 4.69) is 66.2 Å². The van der Waals surface area contributed by atoms with E-state index < -0.39 is 0 Å². The summed E-state index contributed by atoms with van der Waals surface area (Å²) in [5, 5.41) is 18.3. The molecule has 0 fully saturated rings. The molecule has 152 valence electrons. The zero-order valence-electron chi connectivity index (χ0n) is 18.2. The van der Waals surface area contributed by atoms with E-state index in [4.69, 9.17) is 6.57 Å². The SMILES string of the molecule is [C-]#[N+]c1c(/N=N/c2ccc(N(CC)CCC[N+](C)(C)C)cc2C)sc(C#N)c1C. The first-order valence-corrected chi connectivity index (χ1v) is 10.5. The third-order valence-corrected chi connectivity index (χ3v) is 5.81. The van der Waals surface area contributed by atoms with Crippen molar-refractivity contribution in [2.75, 3.05) is 45.7 Å². The van der Waals surface area contributed by atoms with Gasteiger partial charge < -0.3 is 9.38 Å². The van der Waals surface area contributed by atoms with Crippen LogP contribution in [0.3, 0.4) is 0 Å². The van der Waals surface area contributed by atoms with E-state index in [-0.39, 0.29) is 0 Å². The van der Waals surface area contributed by atoms with Crippen molar-refractivity contribution < 1.29 is 4.48 Å². The summed E-state index contributed by atoms with van der Waals surface area (Å²) in [6.07, 6.45) is 1.14. The van der Waals surface area contributed by atoms with Crippen LogP contribution >= 0.6 is 11.3 Å². The van der Waals surface area contributed by atoms with Gasteiger partial charge in [-0.3, -0.25) is 0 Å². The molecule has 0 atom stereocenters. The third kappa shape index (κ3) is 5.87. The molecule has 1 aromatic heterocycles. The van der Waals surface area contributed by atoms with Crippen LogP contribution in [0.5, 0.6) is 0 Å². The highest BCUT2D eigenvalue weighted by atomic mass is 32.1. The molecule has 0 aliphatic heterocycles. The molecule has 0 saturated carbocycles. The maximum atomic E-state index is 9.17. The Morgan fingerprint density at radius 3 is 2.52 bits per heavy atom. The fourth-order valence-corrected chi connectivity index (χ4v) is 3.91. The molecule has 7 heteroatoms. The van der Waals surface area contributed by atoms with Crippen molar-refractivity contribution in [3.05, 3.63) is 45.6 Å².